The Labute approximate surface area is 145 Å². The summed E-state index contributed by atoms with van der Waals surface area (Å²) in [5, 5.41) is 3.00. The monoisotopic (exact) mass is 324 g/mol. The fourth-order valence-corrected chi connectivity index (χ4v) is 2.87. The first-order valence-electron chi connectivity index (χ1n) is 8.76. The van der Waals surface area contributed by atoms with Crippen molar-refractivity contribution in [3.63, 3.8) is 0 Å². The SMILES string of the molecule is CC[C@@H](C)[C@@H](N)C(=O)NCCC(c1ccccc1)c1ccccc1. The first kappa shape index (κ1) is 18.2. The van der Waals surface area contributed by atoms with Crippen molar-refractivity contribution < 1.29 is 4.79 Å². The van der Waals surface area contributed by atoms with Crippen molar-refractivity contribution in [3.8, 4) is 0 Å². The molecule has 3 nitrogen and oxygen atoms in total. The Bertz CT molecular complexity index is 573. The Kier molecular flexibility index (Phi) is 7.01. The van der Waals surface area contributed by atoms with E-state index in [2.05, 4.69) is 60.8 Å². The first-order chi connectivity index (χ1) is 11.6. The van der Waals surface area contributed by atoms with E-state index in [1.54, 1.807) is 0 Å². The average molecular weight is 324 g/mol. The summed E-state index contributed by atoms with van der Waals surface area (Å²) in [4.78, 5) is 12.2. The van der Waals surface area contributed by atoms with E-state index in [1.807, 2.05) is 19.1 Å². The number of nitrogens with one attached hydrogen (secondary N) is 1. The third kappa shape index (κ3) is 4.93. The number of carbonyl (C=O) groups is 1. The van der Waals surface area contributed by atoms with Crippen LogP contribution < -0.4 is 11.1 Å². The molecule has 0 spiro atoms. The molecule has 0 saturated heterocycles. The zero-order valence-corrected chi connectivity index (χ0v) is 14.6. The van der Waals surface area contributed by atoms with Crippen LogP contribution in [0.25, 0.3) is 0 Å². The minimum Gasteiger partial charge on any atom is -0.355 e. The molecule has 0 aliphatic carbocycles. The molecule has 0 aliphatic rings. The second kappa shape index (κ2) is 9.24. The maximum absolute atomic E-state index is 12.2. The van der Waals surface area contributed by atoms with Crippen molar-refractivity contribution in [1.29, 1.82) is 0 Å². The van der Waals surface area contributed by atoms with Gasteiger partial charge < -0.3 is 11.1 Å². The number of hydrogen-bond acceptors (Lipinski definition) is 2. The summed E-state index contributed by atoms with van der Waals surface area (Å²) in [6, 6.07) is 20.4. The van der Waals surface area contributed by atoms with E-state index >= 15 is 0 Å². The van der Waals surface area contributed by atoms with Crippen LogP contribution in [0.2, 0.25) is 0 Å². The molecule has 0 radical (unpaired) electrons. The molecule has 2 aromatic carbocycles. The van der Waals surface area contributed by atoms with Gasteiger partial charge in [0, 0.05) is 12.5 Å². The van der Waals surface area contributed by atoms with Gasteiger partial charge in [0.25, 0.3) is 0 Å². The fourth-order valence-electron chi connectivity index (χ4n) is 2.87. The van der Waals surface area contributed by atoms with Crippen molar-refractivity contribution in [2.75, 3.05) is 6.54 Å². The van der Waals surface area contributed by atoms with Crippen LogP contribution in [0, 0.1) is 5.92 Å². The number of carbonyl (C=O) groups excluding carboxylic acids is 1. The maximum Gasteiger partial charge on any atom is 0.237 e. The second-order valence-electron chi connectivity index (χ2n) is 6.36. The van der Waals surface area contributed by atoms with Gasteiger partial charge in [-0.2, -0.15) is 0 Å². The van der Waals surface area contributed by atoms with E-state index in [0.717, 1.165) is 12.8 Å². The van der Waals surface area contributed by atoms with Crippen molar-refractivity contribution in [3.05, 3.63) is 71.8 Å². The standard InChI is InChI=1S/C21H28N2O/c1-3-16(2)20(22)21(24)23-15-14-19(17-10-6-4-7-11-17)18-12-8-5-9-13-18/h4-13,16,19-20H,3,14-15,22H2,1-2H3,(H,23,24)/t16-,20-/m1/s1. The minimum atomic E-state index is -0.429. The van der Waals surface area contributed by atoms with Crippen LogP contribution in [0.3, 0.4) is 0 Å². The Balaban J connectivity index is 2.01. The van der Waals surface area contributed by atoms with Crippen LogP contribution in [-0.4, -0.2) is 18.5 Å². The molecule has 0 aromatic heterocycles. The molecule has 0 fully saturated rings. The molecule has 0 unspecified atom stereocenters. The van der Waals surface area contributed by atoms with Crippen LogP contribution in [0.5, 0.6) is 0 Å². The molecule has 0 saturated carbocycles. The second-order valence-corrected chi connectivity index (χ2v) is 6.36. The van der Waals surface area contributed by atoms with E-state index in [-0.39, 0.29) is 17.7 Å². The van der Waals surface area contributed by atoms with Crippen LogP contribution in [0.4, 0.5) is 0 Å². The van der Waals surface area contributed by atoms with Crippen molar-refractivity contribution >= 4 is 5.91 Å². The molecule has 0 heterocycles. The lowest BCUT2D eigenvalue weighted by Crippen LogP contribution is -2.45. The molecule has 2 atom stereocenters. The van der Waals surface area contributed by atoms with Gasteiger partial charge in [0.15, 0.2) is 0 Å². The number of nitrogens with two attached hydrogens (primary N) is 1. The summed E-state index contributed by atoms with van der Waals surface area (Å²) in [5.41, 5.74) is 8.53. The van der Waals surface area contributed by atoms with E-state index < -0.39 is 6.04 Å². The van der Waals surface area contributed by atoms with Crippen molar-refractivity contribution in [1.82, 2.24) is 5.32 Å². The molecule has 0 bridgehead atoms. The third-order valence-electron chi connectivity index (χ3n) is 4.70. The zero-order chi connectivity index (χ0) is 17.4. The molecule has 3 N–H and O–H groups in total. The third-order valence-corrected chi connectivity index (χ3v) is 4.70. The van der Waals surface area contributed by atoms with Crippen LogP contribution in [0.15, 0.2) is 60.7 Å². The van der Waals surface area contributed by atoms with Crippen molar-refractivity contribution in [2.45, 2.75) is 38.6 Å². The minimum absolute atomic E-state index is 0.0516. The molecule has 2 rings (SSSR count). The molecule has 128 valence electrons. The molecular formula is C21H28N2O. The van der Waals surface area contributed by atoms with Crippen LogP contribution in [-0.2, 0) is 4.79 Å². The summed E-state index contributed by atoms with van der Waals surface area (Å²) < 4.78 is 0. The summed E-state index contributed by atoms with van der Waals surface area (Å²) in [5.74, 6) is 0.417. The van der Waals surface area contributed by atoms with Gasteiger partial charge in [-0.05, 0) is 23.5 Å². The van der Waals surface area contributed by atoms with E-state index in [0.29, 0.717) is 6.54 Å². The predicted octanol–water partition coefficient (Wildman–Crippen LogP) is 3.70. The van der Waals surface area contributed by atoms with Gasteiger partial charge in [-0.3, -0.25) is 4.79 Å². The number of amides is 1. The smallest absolute Gasteiger partial charge is 0.237 e. The lowest BCUT2D eigenvalue weighted by Gasteiger charge is -2.21. The van der Waals surface area contributed by atoms with Gasteiger partial charge in [-0.1, -0.05) is 80.9 Å². The topological polar surface area (TPSA) is 55.1 Å². The molecule has 3 heteroatoms. The number of benzene rings is 2. The first-order valence-corrected chi connectivity index (χ1v) is 8.76. The Morgan fingerprint density at radius 3 is 1.96 bits per heavy atom. The Morgan fingerprint density at radius 2 is 1.50 bits per heavy atom. The molecule has 1 amide bonds. The highest BCUT2D eigenvalue weighted by molar-refractivity contribution is 5.81. The van der Waals surface area contributed by atoms with E-state index in [1.165, 1.54) is 11.1 Å². The summed E-state index contributed by atoms with van der Waals surface area (Å²) in [7, 11) is 0. The molecule has 24 heavy (non-hydrogen) atoms. The molecular weight excluding hydrogens is 296 g/mol. The normalized spacial score (nSPS) is 13.5. The van der Waals surface area contributed by atoms with Gasteiger partial charge in [0.05, 0.1) is 6.04 Å². The van der Waals surface area contributed by atoms with Gasteiger partial charge in [0.2, 0.25) is 5.91 Å². The van der Waals surface area contributed by atoms with Crippen molar-refractivity contribution in [2.24, 2.45) is 11.7 Å². The van der Waals surface area contributed by atoms with Gasteiger partial charge in [-0.15, -0.1) is 0 Å². The summed E-state index contributed by atoms with van der Waals surface area (Å²) in [6.45, 7) is 4.69. The summed E-state index contributed by atoms with van der Waals surface area (Å²) >= 11 is 0. The van der Waals surface area contributed by atoms with Gasteiger partial charge >= 0.3 is 0 Å². The Morgan fingerprint density at radius 1 is 1.00 bits per heavy atom. The lowest BCUT2D eigenvalue weighted by atomic mass is 9.88. The van der Waals surface area contributed by atoms with E-state index in [4.69, 9.17) is 5.73 Å². The largest absolute Gasteiger partial charge is 0.355 e. The van der Waals surface area contributed by atoms with Crippen LogP contribution in [0.1, 0.15) is 43.7 Å². The molecule has 0 aliphatic heterocycles. The van der Waals surface area contributed by atoms with Gasteiger partial charge in [0.1, 0.15) is 0 Å². The van der Waals surface area contributed by atoms with Gasteiger partial charge in [-0.25, -0.2) is 0 Å². The molecule has 2 aromatic rings. The quantitative estimate of drug-likeness (QED) is 0.778. The highest BCUT2D eigenvalue weighted by Gasteiger charge is 2.20. The average Bonchev–Trinajstić information content (AvgIpc) is 2.65. The zero-order valence-electron chi connectivity index (χ0n) is 14.6. The lowest BCUT2D eigenvalue weighted by molar-refractivity contribution is -0.123. The Hall–Kier alpha value is -2.13. The van der Waals surface area contributed by atoms with E-state index in [9.17, 15) is 4.79 Å². The number of rotatable bonds is 8. The highest BCUT2D eigenvalue weighted by atomic mass is 16.2. The predicted molar refractivity (Wildman–Crippen MR) is 99.8 cm³/mol. The fraction of sp³-hybridized carbons (Fsp3) is 0.381. The highest BCUT2D eigenvalue weighted by Crippen LogP contribution is 2.27. The maximum atomic E-state index is 12.2. The number of hydrogen-bond donors (Lipinski definition) is 2. The van der Waals surface area contributed by atoms with Crippen LogP contribution >= 0.6 is 0 Å². The summed E-state index contributed by atoms with van der Waals surface area (Å²) in [6.07, 6.45) is 1.76.